The molecule has 1 heterocycles. The third-order valence-electron chi connectivity index (χ3n) is 5.37. The number of hydrogen-bond donors (Lipinski definition) is 2. The van der Waals surface area contributed by atoms with Gasteiger partial charge in [0.2, 0.25) is 0 Å². The Kier molecular flexibility index (Phi) is 2.97. The van der Waals surface area contributed by atoms with Gasteiger partial charge in [-0.25, -0.2) is 0 Å². The summed E-state index contributed by atoms with van der Waals surface area (Å²) in [6.45, 7) is 0.310. The van der Waals surface area contributed by atoms with E-state index in [0.717, 1.165) is 29.2 Å². The molecule has 0 radical (unpaired) electrons. The van der Waals surface area contributed by atoms with Gasteiger partial charge in [-0.3, -0.25) is 9.78 Å². The minimum Gasteiger partial charge on any atom is -0.349 e. The summed E-state index contributed by atoms with van der Waals surface area (Å²) in [5, 5.41) is 3.20. The molecule has 3 fully saturated rings. The fourth-order valence-corrected chi connectivity index (χ4v) is 4.54. The fourth-order valence-electron chi connectivity index (χ4n) is 4.54. The van der Waals surface area contributed by atoms with Crippen LogP contribution >= 0.6 is 0 Å². The van der Waals surface area contributed by atoms with Crippen molar-refractivity contribution in [2.24, 2.45) is 29.4 Å². The summed E-state index contributed by atoms with van der Waals surface area (Å²) in [4.78, 5) is 16.5. The maximum Gasteiger partial charge on any atom is 0.253 e. The van der Waals surface area contributed by atoms with Crippen molar-refractivity contribution in [1.29, 1.82) is 0 Å². The van der Waals surface area contributed by atoms with Gasteiger partial charge in [0, 0.05) is 24.0 Å². The summed E-state index contributed by atoms with van der Waals surface area (Å²) in [6.07, 6.45) is 7.39. The molecule has 1 aromatic rings. The van der Waals surface area contributed by atoms with E-state index in [2.05, 4.69) is 22.1 Å². The quantitative estimate of drug-likeness (QED) is 0.800. The Bertz CT molecular complexity index is 629. The molecule has 108 valence electrons. The zero-order chi connectivity index (χ0) is 14.4. The molecule has 0 aromatic carbocycles. The molecule has 1 amide bonds. The van der Waals surface area contributed by atoms with Crippen LogP contribution < -0.4 is 11.1 Å². The van der Waals surface area contributed by atoms with Crippen LogP contribution in [0.3, 0.4) is 0 Å². The molecule has 4 atom stereocenters. The summed E-state index contributed by atoms with van der Waals surface area (Å²) < 4.78 is 0. The fraction of sp³-hybridized carbons (Fsp3) is 0.529. The summed E-state index contributed by atoms with van der Waals surface area (Å²) in [5.41, 5.74) is 6.69. The zero-order valence-corrected chi connectivity index (χ0v) is 11.9. The Morgan fingerprint density at radius 3 is 2.81 bits per heavy atom. The number of carbonyl (C=O) groups is 1. The van der Waals surface area contributed by atoms with Crippen molar-refractivity contribution in [1.82, 2.24) is 10.3 Å². The second-order valence-corrected chi connectivity index (χ2v) is 6.46. The molecule has 0 aliphatic heterocycles. The summed E-state index contributed by atoms with van der Waals surface area (Å²) in [6, 6.07) is 2.19. The number of fused-ring (bicyclic) bond motifs is 5. The molecular formula is C17H19N3O. The molecule has 4 unspecified atom stereocenters. The number of nitrogens with one attached hydrogen (secondary N) is 1. The molecule has 0 saturated heterocycles. The van der Waals surface area contributed by atoms with Gasteiger partial charge in [0.25, 0.3) is 5.91 Å². The van der Waals surface area contributed by atoms with Gasteiger partial charge in [-0.1, -0.05) is 11.8 Å². The van der Waals surface area contributed by atoms with Crippen LogP contribution in [-0.2, 0) is 0 Å². The topological polar surface area (TPSA) is 68.0 Å². The van der Waals surface area contributed by atoms with Crippen LogP contribution in [0.25, 0.3) is 0 Å². The van der Waals surface area contributed by atoms with Crippen molar-refractivity contribution in [3.05, 3.63) is 29.6 Å². The first kappa shape index (κ1) is 12.8. The van der Waals surface area contributed by atoms with Crippen molar-refractivity contribution >= 4 is 5.91 Å². The molecular weight excluding hydrogens is 262 g/mol. The predicted octanol–water partition coefficient (Wildman–Crippen LogP) is 1.17. The lowest BCUT2D eigenvalue weighted by Gasteiger charge is -2.10. The van der Waals surface area contributed by atoms with E-state index >= 15 is 0 Å². The molecule has 3 aliphatic carbocycles. The van der Waals surface area contributed by atoms with Crippen LogP contribution in [0.15, 0.2) is 18.5 Å². The van der Waals surface area contributed by atoms with Crippen LogP contribution in [0.4, 0.5) is 0 Å². The standard InChI is InChI=1S/C17H19N3O/c18-5-1-2-10-6-13(9-19-8-10)17(21)20-16-14-11-3-4-12(7-11)15(14)16/h6,8-9,11-12,14-16H,3-5,7,18H2,(H,20,21). The van der Waals surface area contributed by atoms with Gasteiger partial charge in [0.1, 0.15) is 0 Å². The third-order valence-corrected chi connectivity index (χ3v) is 5.37. The van der Waals surface area contributed by atoms with E-state index in [1.165, 1.54) is 19.3 Å². The minimum atomic E-state index is -0.0160. The molecule has 4 heteroatoms. The van der Waals surface area contributed by atoms with E-state index < -0.39 is 0 Å². The van der Waals surface area contributed by atoms with Gasteiger partial charge in [-0.15, -0.1) is 0 Å². The van der Waals surface area contributed by atoms with Gasteiger partial charge in [-0.05, 0) is 49.0 Å². The van der Waals surface area contributed by atoms with E-state index in [9.17, 15) is 4.79 Å². The largest absolute Gasteiger partial charge is 0.349 e. The van der Waals surface area contributed by atoms with Crippen LogP contribution in [0.5, 0.6) is 0 Å². The minimum absolute atomic E-state index is 0.0160. The third kappa shape index (κ3) is 2.13. The SMILES string of the molecule is NCC#Cc1cncc(C(=O)NC2C3C4CCC(C4)C23)c1. The number of amides is 1. The van der Waals surface area contributed by atoms with Crippen molar-refractivity contribution < 1.29 is 4.79 Å². The Morgan fingerprint density at radius 2 is 2.10 bits per heavy atom. The number of nitrogens with two attached hydrogens (primary N) is 1. The van der Waals surface area contributed by atoms with E-state index in [1.54, 1.807) is 18.5 Å². The molecule has 21 heavy (non-hydrogen) atoms. The highest BCUT2D eigenvalue weighted by atomic mass is 16.1. The lowest BCUT2D eigenvalue weighted by molar-refractivity contribution is 0.0944. The van der Waals surface area contributed by atoms with E-state index in [1.807, 2.05) is 0 Å². The van der Waals surface area contributed by atoms with E-state index in [4.69, 9.17) is 5.73 Å². The number of rotatable bonds is 2. The number of carbonyl (C=O) groups excluding carboxylic acids is 1. The average molecular weight is 281 g/mol. The monoisotopic (exact) mass is 281 g/mol. The number of nitrogens with zero attached hydrogens (tertiary/aromatic N) is 1. The zero-order valence-electron chi connectivity index (χ0n) is 11.9. The molecule has 3 N–H and O–H groups in total. The average Bonchev–Trinajstić information content (AvgIpc) is 2.90. The molecule has 4 rings (SSSR count). The number of pyridine rings is 1. The van der Waals surface area contributed by atoms with E-state index in [-0.39, 0.29) is 5.91 Å². The van der Waals surface area contributed by atoms with E-state index in [0.29, 0.717) is 18.2 Å². The normalized spacial score (nSPS) is 34.8. The van der Waals surface area contributed by atoms with Gasteiger partial charge in [0.15, 0.2) is 0 Å². The summed E-state index contributed by atoms with van der Waals surface area (Å²) >= 11 is 0. The van der Waals surface area contributed by atoms with Gasteiger partial charge in [0.05, 0.1) is 12.1 Å². The van der Waals surface area contributed by atoms with Crippen molar-refractivity contribution in [3.8, 4) is 11.8 Å². The highest BCUT2D eigenvalue weighted by Crippen LogP contribution is 2.65. The summed E-state index contributed by atoms with van der Waals surface area (Å²) in [5.74, 6) is 8.91. The molecule has 3 saturated carbocycles. The molecule has 0 spiro atoms. The Morgan fingerprint density at radius 1 is 1.33 bits per heavy atom. The van der Waals surface area contributed by atoms with Crippen molar-refractivity contribution in [2.45, 2.75) is 25.3 Å². The second-order valence-electron chi connectivity index (χ2n) is 6.46. The smallest absolute Gasteiger partial charge is 0.253 e. The molecule has 3 aliphatic rings. The molecule has 1 aromatic heterocycles. The Labute approximate surface area is 124 Å². The first-order chi connectivity index (χ1) is 10.3. The lowest BCUT2D eigenvalue weighted by atomic mass is 10.0. The lowest BCUT2D eigenvalue weighted by Crippen LogP contribution is -2.30. The summed E-state index contributed by atoms with van der Waals surface area (Å²) in [7, 11) is 0. The number of aromatic nitrogens is 1. The van der Waals surface area contributed by atoms with Gasteiger partial charge < -0.3 is 11.1 Å². The first-order valence-corrected chi connectivity index (χ1v) is 7.73. The first-order valence-electron chi connectivity index (χ1n) is 7.73. The van der Waals surface area contributed by atoms with Crippen molar-refractivity contribution in [2.75, 3.05) is 6.54 Å². The van der Waals surface area contributed by atoms with Crippen LogP contribution in [0.2, 0.25) is 0 Å². The van der Waals surface area contributed by atoms with Crippen LogP contribution in [0.1, 0.15) is 35.2 Å². The van der Waals surface area contributed by atoms with Gasteiger partial charge >= 0.3 is 0 Å². The van der Waals surface area contributed by atoms with Gasteiger partial charge in [-0.2, -0.15) is 0 Å². The Hall–Kier alpha value is -1.86. The molecule has 2 bridgehead atoms. The molecule has 4 nitrogen and oxygen atoms in total. The predicted molar refractivity (Wildman–Crippen MR) is 79.2 cm³/mol. The highest BCUT2D eigenvalue weighted by Gasteiger charge is 2.65. The van der Waals surface area contributed by atoms with Crippen LogP contribution in [-0.4, -0.2) is 23.5 Å². The maximum atomic E-state index is 12.4. The highest BCUT2D eigenvalue weighted by molar-refractivity contribution is 5.94. The van der Waals surface area contributed by atoms with Crippen molar-refractivity contribution in [3.63, 3.8) is 0 Å². The van der Waals surface area contributed by atoms with Crippen LogP contribution in [0, 0.1) is 35.5 Å². The Balaban J connectivity index is 1.44. The maximum absolute atomic E-state index is 12.4. The number of hydrogen-bond acceptors (Lipinski definition) is 3. The second kappa shape index (κ2) is 4.85.